The van der Waals surface area contributed by atoms with Gasteiger partial charge in [0.1, 0.15) is 12.4 Å². The van der Waals surface area contributed by atoms with Crippen molar-refractivity contribution in [3.05, 3.63) is 66.4 Å². The molecule has 140 valence electrons. The molecule has 0 aliphatic carbocycles. The normalized spacial score (nSPS) is 10.6. The third kappa shape index (κ3) is 5.71. The minimum atomic E-state index is -0.153. The summed E-state index contributed by atoms with van der Waals surface area (Å²) in [5.41, 5.74) is 2.82. The Morgan fingerprint density at radius 3 is 2.85 bits per heavy atom. The van der Waals surface area contributed by atoms with Crippen LogP contribution in [0.15, 0.2) is 60.7 Å². The molecule has 0 atom stereocenters. The highest BCUT2D eigenvalue weighted by atomic mass is 16.5. The molecule has 0 fully saturated rings. The van der Waals surface area contributed by atoms with Crippen molar-refractivity contribution in [2.24, 2.45) is 0 Å². The van der Waals surface area contributed by atoms with Crippen LogP contribution >= 0.6 is 0 Å². The molecule has 0 radical (unpaired) electrons. The Balaban J connectivity index is 1.50. The molecule has 3 rings (SSSR count). The van der Waals surface area contributed by atoms with Crippen LogP contribution in [0.3, 0.4) is 0 Å². The highest BCUT2D eigenvalue weighted by molar-refractivity contribution is 5.78. The van der Waals surface area contributed by atoms with E-state index in [1.165, 1.54) is 0 Å². The van der Waals surface area contributed by atoms with E-state index < -0.39 is 0 Å². The number of carbonyl (C=O) groups is 1. The Morgan fingerprint density at radius 1 is 1.07 bits per heavy atom. The summed E-state index contributed by atoms with van der Waals surface area (Å²) in [6.45, 7) is 3.36. The Kier molecular flexibility index (Phi) is 6.63. The van der Waals surface area contributed by atoms with Crippen LogP contribution in [0, 0.1) is 0 Å². The van der Waals surface area contributed by atoms with Crippen molar-refractivity contribution in [2.45, 2.75) is 26.4 Å². The fraction of sp³-hybridized carbons (Fsp3) is 0.273. The van der Waals surface area contributed by atoms with Gasteiger partial charge >= 0.3 is 5.97 Å². The number of hydrogen-bond donors (Lipinski definition) is 1. The van der Waals surface area contributed by atoms with Gasteiger partial charge in [0.15, 0.2) is 0 Å². The van der Waals surface area contributed by atoms with E-state index in [0.29, 0.717) is 26.2 Å². The molecular formula is C22H24N2O3. The molecule has 5 heteroatoms. The number of carbonyl (C=O) groups excluding carboxylic acids is 1. The van der Waals surface area contributed by atoms with Crippen molar-refractivity contribution < 1.29 is 14.3 Å². The first-order valence-corrected chi connectivity index (χ1v) is 9.21. The topological polar surface area (TPSA) is 60.5 Å². The maximum absolute atomic E-state index is 11.3. The van der Waals surface area contributed by atoms with E-state index in [2.05, 4.69) is 16.4 Å². The van der Waals surface area contributed by atoms with Gasteiger partial charge < -0.3 is 14.8 Å². The molecule has 5 nitrogen and oxygen atoms in total. The van der Waals surface area contributed by atoms with Crippen molar-refractivity contribution in [2.75, 3.05) is 18.5 Å². The predicted molar refractivity (Wildman–Crippen MR) is 107 cm³/mol. The number of nitrogens with zero attached hydrogens (tertiary/aromatic N) is 1. The summed E-state index contributed by atoms with van der Waals surface area (Å²) in [7, 11) is 0. The molecule has 0 spiro atoms. The first kappa shape index (κ1) is 18.7. The molecule has 0 bridgehead atoms. The third-order valence-electron chi connectivity index (χ3n) is 4.07. The van der Waals surface area contributed by atoms with Crippen LogP contribution in [0.25, 0.3) is 10.9 Å². The first-order chi connectivity index (χ1) is 13.2. The van der Waals surface area contributed by atoms with Gasteiger partial charge in [-0.1, -0.05) is 30.3 Å². The number of hydrogen-bond acceptors (Lipinski definition) is 5. The van der Waals surface area contributed by atoms with Gasteiger partial charge in [0.25, 0.3) is 0 Å². The van der Waals surface area contributed by atoms with E-state index in [1.54, 1.807) is 0 Å². The van der Waals surface area contributed by atoms with E-state index >= 15 is 0 Å². The van der Waals surface area contributed by atoms with Crippen molar-refractivity contribution in [1.82, 2.24) is 4.98 Å². The van der Waals surface area contributed by atoms with Crippen LogP contribution in [0.2, 0.25) is 0 Å². The highest BCUT2D eigenvalue weighted by Crippen LogP contribution is 2.19. The third-order valence-corrected chi connectivity index (χ3v) is 4.07. The van der Waals surface area contributed by atoms with Crippen LogP contribution in [0.1, 0.15) is 25.5 Å². The van der Waals surface area contributed by atoms with Crippen LogP contribution in [0.4, 0.5) is 5.69 Å². The summed E-state index contributed by atoms with van der Waals surface area (Å²) in [5, 5.41) is 4.42. The molecule has 0 amide bonds. The molecular weight excluding hydrogens is 340 g/mol. The molecule has 3 aromatic rings. The predicted octanol–water partition coefficient (Wildman–Crippen LogP) is 4.57. The maximum atomic E-state index is 11.3. The van der Waals surface area contributed by atoms with Crippen LogP contribution in [-0.4, -0.2) is 24.1 Å². The number of benzene rings is 2. The lowest BCUT2D eigenvalue weighted by molar-refractivity contribution is -0.143. The van der Waals surface area contributed by atoms with E-state index in [4.69, 9.17) is 9.47 Å². The lowest BCUT2D eigenvalue weighted by Gasteiger charge is -2.10. The van der Waals surface area contributed by atoms with Gasteiger partial charge in [-0.3, -0.25) is 4.79 Å². The quantitative estimate of drug-likeness (QED) is 0.445. The van der Waals surface area contributed by atoms with Gasteiger partial charge in [0.05, 0.1) is 17.8 Å². The Hall–Kier alpha value is -3.08. The number of anilines is 1. The Morgan fingerprint density at radius 2 is 1.96 bits per heavy atom. The lowest BCUT2D eigenvalue weighted by atomic mass is 10.2. The molecule has 0 saturated heterocycles. The van der Waals surface area contributed by atoms with Crippen molar-refractivity contribution in [3.63, 3.8) is 0 Å². The minimum Gasteiger partial charge on any atom is -0.487 e. The van der Waals surface area contributed by atoms with Crippen molar-refractivity contribution in [1.29, 1.82) is 0 Å². The van der Waals surface area contributed by atoms with Crippen molar-refractivity contribution in [3.8, 4) is 5.75 Å². The summed E-state index contributed by atoms with van der Waals surface area (Å²) in [5.74, 6) is 0.625. The number of aromatic nitrogens is 1. The number of esters is 1. The molecule has 2 aromatic carbocycles. The zero-order valence-corrected chi connectivity index (χ0v) is 15.5. The number of nitrogens with one attached hydrogen (secondary N) is 1. The van der Waals surface area contributed by atoms with Crippen LogP contribution in [0.5, 0.6) is 5.75 Å². The molecule has 0 saturated carbocycles. The molecule has 0 aliphatic rings. The first-order valence-electron chi connectivity index (χ1n) is 9.21. The average Bonchev–Trinajstić information content (AvgIpc) is 2.70. The SMILES string of the molecule is CCOC(=O)CCCNc1cccc(OCc2ccc3ccccc3n2)c1. The number of fused-ring (bicyclic) bond motifs is 1. The van der Waals surface area contributed by atoms with Crippen LogP contribution < -0.4 is 10.1 Å². The fourth-order valence-electron chi connectivity index (χ4n) is 2.74. The fourth-order valence-corrected chi connectivity index (χ4v) is 2.74. The van der Waals surface area contributed by atoms with E-state index in [1.807, 2.05) is 61.5 Å². The summed E-state index contributed by atoms with van der Waals surface area (Å²) < 4.78 is 10.8. The largest absolute Gasteiger partial charge is 0.487 e. The smallest absolute Gasteiger partial charge is 0.305 e. The van der Waals surface area contributed by atoms with Gasteiger partial charge in [-0.2, -0.15) is 0 Å². The number of para-hydroxylation sites is 1. The van der Waals surface area contributed by atoms with E-state index in [-0.39, 0.29) is 5.97 Å². The van der Waals surface area contributed by atoms with E-state index in [9.17, 15) is 4.79 Å². The second kappa shape index (κ2) is 9.57. The molecule has 1 aromatic heterocycles. The molecule has 27 heavy (non-hydrogen) atoms. The second-order valence-electron chi connectivity index (χ2n) is 6.15. The average molecular weight is 364 g/mol. The minimum absolute atomic E-state index is 0.153. The van der Waals surface area contributed by atoms with E-state index in [0.717, 1.165) is 34.5 Å². The van der Waals surface area contributed by atoms with Gasteiger partial charge in [0, 0.05) is 30.1 Å². The van der Waals surface area contributed by atoms with Crippen molar-refractivity contribution >= 4 is 22.6 Å². The molecule has 1 N–H and O–H groups in total. The number of rotatable bonds is 9. The Bertz CT molecular complexity index is 895. The highest BCUT2D eigenvalue weighted by Gasteiger charge is 2.03. The Labute approximate surface area is 159 Å². The van der Waals surface area contributed by atoms with Gasteiger partial charge in [-0.05, 0) is 37.6 Å². The zero-order chi connectivity index (χ0) is 18.9. The molecule has 1 heterocycles. The van der Waals surface area contributed by atoms with Crippen LogP contribution in [-0.2, 0) is 16.1 Å². The van der Waals surface area contributed by atoms with Gasteiger partial charge in [0.2, 0.25) is 0 Å². The molecule has 0 aliphatic heterocycles. The second-order valence-corrected chi connectivity index (χ2v) is 6.15. The van der Waals surface area contributed by atoms with Gasteiger partial charge in [-0.25, -0.2) is 4.98 Å². The molecule has 0 unspecified atom stereocenters. The maximum Gasteiger partial charge on any atom is 0.305 e. The summed E-state index contributed by atoms with van der Waals surface area (Å²) in [4.78, 5) is 16.0. The zero-order valence-electron chi connectivity index (χ0n) is 15.5. The monoisotopic (exact) mass is 364 g/mol. The lowest BCUT2D eigenvalue weighted by Crippen LogP contribution is -2.08. The number of pyridine rings is 1. The standard InChI is InChI=1S/C22H24N2O3/c1-2-26-22(25)11-6-14-23-18-8-5-9-20(15-18)27-16-19-13-12-17-7-3-4-10-21(17)24-19/h3-5,7-10,12-13,15,23H,2,6,11,14,16H2,1H3. The number of ether oxygens (including phenoxy) is 2. The van der Waals surface area contributed by atoms with Gasteiger partial charge in [-0.15, -0.1) is 0 Å². The summed E-state index contributed by atoms with van der Waals surface area (Å²) in [6.07, 6.45) is 1.15. The summed E-state index contributed by atoms with van der Waals surface area (Å²) >= 11 is 0. The summed E-state index contributed by atoms with van der Waals surface area (Å²) in [6, 6.07) is 19.9.